The van der Waals surface area contributed by atoms with Crippen LogP contribution in [-0.4, -0.2) is 36.8 Å². The average Bonchev–Trinajstić information content (AvgIpc) is 2.63. The van der Waals surface area contributed by atoms with E-state index in [0.717, 1.165) is 18.0 Å². The Kier molecular flexibility index (Phi) is 5.32. The zero-order valence-corrected chi connectivity index (χ0v) is 15.3. The van der Waals surface area contributed by atoms with E-state index in [4.69, 9.17) is 4.74 Å². The van der Waals surface area contributed by atoms with E-state index in [1.807, 2.05) is 23.1 Å². The van der Waals surface area contributed by atoms with Gasteiger partial charge in [0, 0.05) is 35.0 Å². The van der Waals surface area contributed by atoms with Gasteiger partial charge < -0.3 is 15.0 Å². The fourth-order valence-electron chi connectivity index (χ4n) is 2.87. The van der Waals surface area contributed by atoms with Gasteiger partial charge in [-0.3, -0.25) is 14.9 Å². The number of nitrogens with zero attached hydrogens (tertiary/aromatic N) is 2. The van der Waals surface area contributed by atoms with Crippen molar-refractivity contribution < 1.29 is 14.5 Å². The zero-order chi connectivity index (χ0) is 18.7. The third-order valence-electron chi connectivity index (χ3n) is 4.16. The quantitative estimate of drug-likeness (QED) is 0.638. The smallest absolute Gasteiger partial charge is 0.311 e. The second-order valence-corrected chi connectivity index (χ2v) is 7.02. The summed E-state index contributed by atoms with van der Waals surface area (Å²) in [5.74, 6) is 0.871. The van der Waals surface area contributed by atoms with Gasteiger partial charge in [0.25, 0.3) is 0 Å². The van der Waals surface area contributed by atoms with Crippen LogP contribution in [0.25, 0.3) is 0 Å². The molecule has 1 heterocycles. The van der Waals surface area contributed by atoms with Gasteiger partial charge in [-0.25, -0.2) is 0 Å². The molecule has 3 rings (SSSR count). The van der Waals surface area contributed by atoms with Gasteiger partial charge in [-0.05, 0) is 24.6 Å². The van der Waals surface area contributed by atoms with E-state index in [-0.39, 0.29) is 23.9 Å². The first-order valence-electron chi connectivity index (χ1n) is 8.09. The Labute approximate surface area is 155 Å². The number of nitro benzene ring substituents is 1. The molecule has 2 aromatic carbocycles. The molecule has 26 heavy (non-hydrogen) atoms. The van der Waals surface area contributed by atoms with Crippen molar-refractivity contribution in [1.29, 1.82) is 0 Å². The topological polar surface area (TPSA) is 84.7 Å². The molecule has 7 nitrogen and oxygen atoms in total. The summed E-state index contributed by atoms with van der Waals surface area (Å²) in [5.41, 5.74) is 2.06. The number of benzene rings is 2. The SMILES string of the molecule is COc1cc(NC(=O)CN2CCSc3ccccc32)c(C)cc1[N+](=O)[O-]. The van der Waals surface area contributed by atoms with Crippen LogP contribution < -0.4 is 15.0 Å². The number of ether oxygens (including phenoxy) is 1. The minimum Gasteiger partial charge on any atom is -0.490 e. The van der Waals surface area contributed by atoms with E-state index in [1.54, 1.807) is 18.7 Å². The van der Waals surface area contributed by atoms with E-state index >= 15 is 0 Å². The molecule has 0 fully saturated rings. The summed E-state index contributed by atoms with van der Waals surface area (Å²) in [6, 6.07) is 10.9. The lowest BCUT2D eigenvalue weighted by molar-refractivity contribution is -0.385. The van der Waals surface area contributed by atoms with E-state index < -0.39 is 4.92 Å². The summed E-state index contributed by atoms with van der Waals surface area (Å²) in [7, 11) is 1.37. The first-order chi connectivity index (χ1) is 12.5. The van der Waals surface area contributed by atoms with Crippen molar-refractivity contribution in [2.75, 3.05) is 36.2 Å². The lowest BCUT2D eigenvalue weighted by atomic mass is 10.1. The van der Waals surface area contributed by atoms with Gasteiger partial charge in [-0.2, -0.15) is 0 Å². The van der Waals surface area contributed by atoms with Crippen LogP contribution in [0, 0.1) is 17.0 Å². The number of hydrogen-bond donors (Lipinski definition) is 1. The number of amides is 1. The maximum absolute atomic E-state index is 12.5. The van der Waals surface area contributed by atoms with Crippen LogP contribution in [0.2, 0.25) is 0 Å². The highest BCUT2D eigenvalue weighted by Gasteiger charge is 2.21. The summed E-state index contributed by atoms with van der Waals surface area (Å²) in [5, 5.41) is 13.9. The summed E-state index contributed by atoms with van der Waals surface area (Å²) < 4.78 is 5.07. The van der Waals surface area contributed by atoms with Gasteiger partial charge in [0.05, 0.1) is 24.3 Å². The second-order valence-electron chi connectivity index (χ2n) is 5.88. The number of thioether (sulfide) groups is 1. The van der Waals surface area contributed by atoms with Crippen molar-refractivity contribution in [3.05, 3.63) is 52.1 Å². The highest BCUT2D eigenvalue weighted by atomic mass is 32.2. The first kappa shape index (κ1) is 18.1. The van der Waals surface area contributed by atoms with Gasteiger partial charge in [0.2, 0.25) is 5.91 Å². The Morgan fingerprint density at radius 3 is 2.88 bits per heavy atom. The van der Waals surface area contributed by atoms with E-state index in [1.165, 1.54) is 24.1 Å². The molecule has 8 heteroatoms. The number of para-hydroxylation sites is 1. The maximum Gasteiger partial charge on any atom is 0.311 e. The summed E-state index contributed by atoms with van der Waals surface area (Å²) in [6.07, 6.45) is 0. The molecule has 1 aliphatic rings. The van der Waals surface area contributed by atoms with Crippen LogP contribution in [0.3, 0.4) is 0 Å². The number of methoxy groups -OCH3 is 1. The predicted molar refractivity (Wildman–Crippen MR) is 102 cm³/mol. The van der Waals surface area contributed by atoms with Gasteiger partial charge in [-0.15, -0.1) is 11.8 Å². The summed E-state index contributed by atoms with van der Waals surface area (Å²) >= 11 is 1.78. The molecule has 1 amide bonds. The fourth-order valence-corrected chi connectivity index (χ4v) is 3.92. The predicted octanol–water partition coefficient (Wildman–Crippen LogP) is 3.46. The van der Waals surface area contributed by atoms with Crippen LogP contribution in [0.1, 0.15) is 5.56 Å². The third kappa shape index (κ3) is 3.75. The van der Waals surface area contributed by atoms with Crippen LogP contribution in [0.4, 0.5) is 17.1 Å². The van der Waals surface area contributed by atoms with Crippen molar-refractivity contribution in [2.45, 2.75) is 11.8 Å². The third-order valence-corrected chi connectivity index (χ3v) is 5.20. The number of carbonyl (C=O) groups excluding carboxylic acids is 1. The maximum atomic E-state index is 12.5. The van der Waals surface area contributed by atoms with Crippen LogP contribution in [0.5, 0.6) is 5.75 Å². The number of nitro groups is 1. The van der Waals surface area contributed by atoms with Crippen LogP contribution in [0.15, 0.2) is 41.3 Å². The van der Waals surface area contributed by atoms with Crippen LogP contribution >= 0.6 is 11.8 Å². The molecule has 0 radical (unpaired) electrons. The minimum atomic E-state index is -0.500. The largest absolute Gasteiger partial charge is 0.490 e. The molecule has 0 atom stereocenters. The lowest BCUT2D eigenvalue weighted by Gasteiger charge is -2.30. The minimum absolute atomic E-state index is 0.120. The van der Waals surface area contributed by atoms with Crippen molar-refractivity contribution >= 4 is 34.7 Å². The highest BCUT2D eigenvalue weighted by molar-refractivity contribution is 7.99. The zero-order valence-electron chi connectivity index (χ0n) is 14.5. The molecule has 0 aliphatic carbocycles. The number of nitrogens with one attached hydrogen (secondary N) is 1. The Hall–Kier alpha value is -2.74. The van der Waals surface area contributed by atoms with Gasteiger partial charge in [0.1, 0.15) is 0 Å². The van der Waals surface area contributed by atoms with E-state index in [0.29, 0.717) is 11.3 Å². The normalized spacial score (nSPS) is 13.1. The number of carbonyl (C=O) groups is 1. The average molecular weight is 373 g/mol. The fraction of sp³-hybridized carbons (Fsp3) is 0.278. The molecule has 0 saturated heterocycles. The molecular weight excluding hydrogens is 354 g/mol. The van der Waals surface area contributed by atoms with Crippen molar-refractivity contribution in [3.8, 4) is 5.75 Å². The van der Waals surface area contributed by atoms with Crippen LogP contribution in [-0.2, 0) is 4.79 Å². The van der Waals surface area contributed by atoms with Crippen molar-refractivity contribution in [2.24, 2.45) is 0 Å². The first-order valence-corrected chi connectivity index (χ1v) is 9.08. The van der Waals surface area contributed by atoms with Gasteiger partial charge in [-0.1, -0.05) is 12.1 Å². The van der Waals surface area contributed by atoms with E-state index in [9.17, 15) is 14.9 Å². The molecule has 0 bridgehead atoms. The molecule has 0 spiro atoms. The number of rotatable bonds is 5. The summed E-state index contributed by atoms with van der Waals surface area (Å²) in [4.78, 5) is 26.3. The van der Waals surface area contributed by atoms with Gasteiger partial charge >= 0.3 is 5.69 Å². The number of aryl methyl sites for hydroxylation is 1. The number of fused-ring (bicyclic) bond motifs is 1. The van der Waals surface area contributed by atoms with E-state index in [2.05, 4.69) is 11.4 Å². The molecule has 0 saturated carbocycles. The standard InChI is InChI=1S/C18H19N3O4S/c1-12-9-15(21(23)24)16(25-2)10-13(12)19-18(22)11-20-7-8-26-17-6-4-3-5-14(17)20/h3-6,9-10H,7-8,11H2,1-2H3,(H,19,22). The molecule has 136 valence electrons. The molecule has 1 N–H and O–H groups in total. The molecule has 0 aromatic heterocycles. The molecule has 0 unspecified atom stereocenters. The van der Waals surface area contributed by atoms with Crippen molar-refractivity contribution in [1.82, 2.24) is 0 Å². The van der Waals surface area contributed by atoms with Crippen molar-refractivity contribution in [3.63, 3.8) is 0 Å². The molecule has 1 aliphatic heterocycles. The highest BCUT2D eigenvalue weighted by Crippen LogP contribution is 2.35. The monoisotopic (exact) mass is 373 g/mol. The Balaban J connectivity index is 1.76. The van der Waals surface area contributed by atoms with Gasteiger partial charge in [0.15, 0.2) is 5.75 Å². The molecule has 2 aromatic rings. The second kappa shape index (κ2) is 7.65. The number of anilines is 2. The number of hydrogen-bond acceptors (Lipinski definition) is 6. The summed E-state index contributed by atoms with van der Waals surface area (Å²) in [6.45, 7) is 2.73. The Bertz CT molecular complexity index is 856. The molecular formula is C18H19N3O4S. The Morgan fingerprint density at radius 2 is 2.15 bits per heavy atom. The lowest BCUT2D eigenvalue weighted by Crippen LogP contribution is -2.36. The Morgan fingerprint density at radius 1 is 1.38 bits per heavy atom.